The smallest absolute Gasteiger partial charge is 0.242 e. The van der Waals surface area contributed by atoms with Crippen LogP contribution in [0, 0.1) is 0 Å². The van der Waals surface area contributed by atoms with E-state index >= 15 is 0 Å². The van der Waals surface area contributed by atoms with Gasteiger partial charge >= 0.3 is 0 Å². The highest BCUT2D eigenvalue weighted by Crippen LogP contribution is 1.95. The van der Waals surface area contributed by atoms with Crippen molar-refractivity contribution in [1.82, 2.24) is 10.2 Å². The summed E-state index contributed by atoms with van der Waals surface area (Å²) in [5.74, 6) is -0.0375. The predicted octanol–water partition coefficient (Wildman–Crippen LogP) is -0.645. The van der Waals surface area contributed by atoms with Crippen molar-refractivity contribution in [2.45, 2.75) is 13.3 Å². The summed E-state index contributed by atoms with van der Waals surface area (Å²) in [4.78, 5) is 23.4. The first-order valence-electron chi connectivity index (χ1n) is 3.78. The fraction of sp³-hybridized carbons (Fsp3) is 0.714. The van der Waals surface area contributed by atoms with Crippen molar-refractivity contribution in [3.05, 3.63) is 0 Å². The molecule has 2 amide bonds. The van der Waals surface area contributed by atoms with Crippen LogP contribution >= 0.6 is 0 Å². The number of nitrogens with one attached hydrogen (secondary N) is 1. The lowest BCUT2D eigenvalue weighted by atomic mass is 10.3. The van der Waals surface area contributed by atoms with Crippen LogP contribution in [0.3, 0.4) is 0 Å². The summed E-state index contributed by atoms with van der Waals surface area (Å²) in [6.45, 7) is 3.07. The Kier molecular flexibility index (Phi) is 2.46. The lowest BCUT2D eigenvalue weighted by Gasteiger charge is -2.25. The van der Waals surface area contributed by atoms with Gasteiger partial charge in [0.1, 0.15) is 0 Å². The van der Waals surface area contributed by atoms with E-state index in [-0.39, 0.29) is 24.9 Å². The van der Waals surface area contributed by atoms with Gasteiger partial charge in [-0.2, -0.15) is 0 Å². The minimum Gasteiger partial charge on any atom is -0.345 e. The topological polar surface area (TPSA) is 49.4 Å². The third kappa shape index (κ3) is 1.93. The number of carbonyl (C=O) groups excluding carboxylic acids is 2. The van der Waals surface area contributed by atoms with E-state index in [1.807, 2.05) is 6.92 Å². The average Bonchev–Trinajstić information content (AvgIpc) is 1.98. The van der Waals surface area contributed by atoms with Crippen molar-refractivity contribution in [2.24, 2.45) is 0 Å². The molecule has 1 aliphatic heterocycles. The van der Waals surface area contributed by atoms with Gasteiger partial charge in [0.05, 0.1) is 13.1 Å². The molecule has 0 saturated carbocycles. The highest BCUT2D eigenvalue weighted by Gasteiger charge is 2.21. The second kappa shape index (κ2) is 3.37. The van der Waals surface area contributed by atoms with Crippen molar-refractivity contribution < 1.29 is 9.59 Å². The first-order valence-corrected chi connectivity index (χ1v) is 3.78. The zero-order chi connectivity index (χ0) is 8.27. The normalized spacial score (nSPS) is 18.5. The molecule has 1 N–H and O–H groups in total. The molecule has 4 heteroatoms. The lowest BCUT2D eigenvalue weighted by molar-refractivity contribution is -0.140. The molecule has 0 aliphatic carbocycles. The maximum atomic E-state index is 11.0. The van der Waals surface area contributed by atoms with Gasteiger partial charge < -0.3 is 10.2 Å². The Morgan fingerprint density at radius 3 is 2.91 bits per heavy atom. The Morgan fingerprint density at radius 2 is 2.27 bits per heavy atom. The zero-order valence-corrected chi connectivity index (χ0v) is 6.59. The van der Waals surface area contributed by atoms with Gasteiger partial charge in [-0.05, 0) is 6.42 Å². The third-order valence-corrected chi connectivity index (χ3v) is 1.62. The van der Waals surface area contributed by atoms with Crippen LogP contribution in [0.15, 0.2) is 0 Å². The number of piperazine rings is 1. The number of carbonyl (C=O) groups is 2. The number of hydrogen-bond donors (Lipinski definition) is 1. The van der Waals surface area contributed by atoms with E-state index in [0.29, 0.717) is 6.54 Å². The van der Waals surface area contributed by atoms with Crippen LogP contribution in [0.2, 0.25) is 0 Å². The summed E-state index contributed by atoms with van der Waals surface area (Å²) >= 11 is 0. The molecule has 1 rings (SSSR count). The van der Waals surface area contributed by atoms with Crippen LogP contribution in [0.4, 0.5) is 0 Å². The molecular formula is C7H12N2O2. The lowest BCUT2D eigenvalue weighted by Crippen LogP contribution is -2.51. The van der Waals surface area contributed by atoms with E-state index in [1.165, 1.54) is 0 Å². The monoisotopic (exact) mass is 156 g/mol. The minimum absolute atomic E-state index is 0.0199. The molecule has 0 aromatic carbocycles. The molecule has 0 radical (unpaired) electrons. The van der Waals surface area contributed by atoms with Gasteiger partial charge in [0.25, 0.3) is 0 Å². The van der Waals surface area contributed by atoms with Gasteiger partial charge in [-0.15, -0.1) is 0 Å². The van der Waals surface area contributed by atoms with Crippen LogP contribution in [0.5, 0.6) is 0 Å². The van der Waals surface area contributed by atoms with Crippen LogP contribution in [0.1, 0.15) is 13.3 Å². The Balaban J connectivity index is 2.47. The molecule has 0 aromatic heterocycles. The Morgan fingerprint density at radius 1 is 1.55 bits per heavy atom. The standard InChI is InChI=1S/C7H12N2O2/c1-2-3-9-5-6(10)8-4-7(9)11/h2-5H2,1H3,(H,8,10). The van der Waals surface area contributed by atoms with Gasteiger partial charge in [0, 0.05) is 6.54 Å². The molecule has 1 saturated heterocycles. The van der Waals surface area contributed by atoms with Gasteiger partial charge in [-0.1, -0.05) is 6.92 Å². The second-order valence-corrected chi connectivity index (χ2v) is 2.59. The SMILES string of the molecule is CCCN1CC(=O)NCC1=O. The zero-order valence-electron chi connectivity index (χ0n) is 6.59. The van der Waals surface area contributed by atoms with E-state index in [4.69, 9.17) is 0 Å². The summed E-state index contributed by atoms with van der Waals surface area (Å²) in [6.07, 6.45) is 0.902. The summed E-state index contributed by atoms with van der Waals surface area (Å²) < 4.78 is 0. The van der Waals surface area contributed by atoms with Crippen molar-refractivity contribution in [3.8, 4) is 0 Å². The molecule has 0 aromatic rings. The van der Waals surface area contributed by atoms with Crippen molar-refractivity contribution in [2.75, 3.05) is 19.6 Å². The highest BCUT2D eigenvalue weighted by molar-refractivity contribution is 5.92. The summed E-state index contributed by atoms with van der Waals surface area (Å²) in [5.41, 5.74) is 0. The Bertz CT molecular complexity index is 179. The molecule has 0 spiro atoms. The van der Waals surface area contributed by atoms with E-state index in [0.717, 1.165) is 6.42 Å². The number of rotatable bonds is 2. The van der Waals surface area contributed by atoms with Crippen LogP contribution in [-0.2, 0) is 9.59 Å². The predicted molar refractivity (Wildman–Crippen MR) is 39.9 cm³/mol. The van der Waals surface area contributed by atoms with Crippen molar-refractivity contribution >= 4 is 11.8 Å². The van der Waals surface area contributed by atoms with E-state index < -0.39 is 0 Å². The van der Waals surface area contributed by atoms with Crippen LogP contribution in [0.25, 0.3) is 0 Å². The van der Waals surface area contributed by atoms with Crippen molar-refractivity contribution in [3.63, 3.8) is 0 Å². The highest BCUT2D eigenvalue weighted by atomic mass is 16.2. The molecule has 1 fully saturated rings. The summed E-state index contributed by atoms with van der Waals surface area (Å²) in [6, 6.07) is 0. The maximum Gasteiger partial charge on any atom is 0.242 e. The average molecular weight is 156 g/mol. The molecule has 1 aliphatic rings. The van der Waals surface area contributed by atoms with Gasteiger partial charge in [0.15, 0.2) is 0 Å². The largest absolute Gasteiger partial charge is 0.345 e. The number of hydrogen-bond acceptors (Lipinski definition) is 2. The Hall–Kier alpha value is -1.06. The van der Waals surface area contributed by atoms with Crippen LogP contribution in [-0.4, -0.2) is 36.3 Å². The Labute approximate surface area is 65.6 Å². The van der Waals surface area contributed by atoms with Crippen molar-refractivity contribution in [1.29, 1.82) is 0 Å². The molecule has 0 bridgehead atoms. The van der Waals surface area contributed by atoms with Gasteiger partial charge in [0.2, 0.25) is 11.8 Å². The van der Waals surface area contributed by atoms with E-state index in [9.17, 15) is 9.59 Å². The van der Waals surface area contributed by atoms with Gasteiger partial charge in [-0.25, -0.2) is 0 Å². The number of nitrogens with zero attached hydrogens (tertiary/aromatic N) is 1. The summed E-state index contributed by atoms with van der Waals surface area (Å²) in [7, 11) is 0. The first-order chi connectivity index (χ1) is 5.24. The third-order valence-electron chi connectivity index (χ3n) is 1.62. The maximum absolute atomic E-state index is 11.0. The molecule has 62 valence electrons. The molecule has 0 unspecified atom stereocenters. The second-order valence-electron chi connectivity index (χ2n) is 2.59. The molecular weight excluding hydrogens is 144 g/mol. The molecule has 11 heavy (non-hydrogen) atoms. The molecule has 0 atom stereocenters. The molecule has 4 nitrogen and oxygen atoms in total. The number of amides is 2. The molecule has 1 heterocycles. The van der Waals surface area contributed by atoms with E-state index in [1.54, 1.807) is 4.90 Å². The minimum atomic E-state index is -0.0574. The van der Waals surface area contributed by atoms with E-state index in [2.05, 4.69) is 5.32 Å². The quantitative estimate of drug-likeness (QED) is 0.578. The fourth-order valence-electron chi connectivity index (χ4n) is 1.08. The summed E-state index contributed by atoms with van der Waals surface area (Å²) in [5, 5.41) is 2.49. The van der Waals surface area contributed by atoms with Gasteiger partial charge in [-0.3, -0.25) is 9.59 Å². The first kappa shape index (κ1) is 8.04. The fourth-order valence-corrected chi connectivity index (χ4v) is 1.08. The van der Waals surface area contributed by atoms with Crippen LogP contribution < -0.4 is 5.32 Å².